The molecule has 0 radical (unpaired) electrons. The molecule has 2 atom stereocenters. The molecule has 1 aliphatic heterocycles. The summed E-state index contributed by atoms with van der Waals surface area (Å²) in [5, 5.41) is 3.06. The predicted octanol–water partition coefficient (Wildman–Crippen LogP) is 4.91. The maximum atomic E-state index is 13.3. The second-order valence-corrected chi connectivity index (χ2v) is 8.34. The van der Waals surface area contributed by atoms with Crippen LogP contribution in [0.2, 0.25) is 0 Å². The lowest BCUT2D eigenvalue weighted by Gasteiger charge is -2.20. The van der Waals surface area contributed by atoms with E-state index in [0.717, 1.165) is 35.2 Å². The van der Waals surface area contributed by atoms with Gasteiger partial charge in [0.2, 0.25) is 11.8 Å². The van der Waals surface area contributed by atoms with Crippen LogP contribution in [-0.2, 0) is 22.4 Å². The second kappa shape index (κ2) is 8.50. The van der Waals surface area contributed by atoms with Crippen LogP contribution >= 0.6 is 0 Å². The number of anilines is 2. The normalized spacial score (nSPS) is 20.5. The Morgan fingerprint density at radius 1 is 0.968 bits per heavy atom. The number of rotatable bonds is 5. The zero-order valence-corrected chi connectivity index (χ0v) is 18.3. The van der Waals surface area contributed by atoms with E-state index in [9.17, 15) is 14.4 Å². The first-order chi connectivity index (χ1) is 15.0. The molecular weight excluding hydrogens is 388 g/mol. The third kappa shape index (κ3) is 3.69. The van der Waals surface area contributed by atoms with Crippen molar-refractivity contribution in [3.8, 4) is 0 Å². The van der Waals surface area contributed by atoms with Crippen molar-refractivity contribution < 1.29 is 14.4 Å². The summed E-state index contributed by atoms with van der Waals surface area (Å²) in [5.74, 6) is -1.38. The summed E-state index contributed by atoms with van der Waals surface area (Å²) < 4.78 is 0. The second-order valence-electron chi connectivity index (χ2n) is 8.34. The molecule has 1 fully saturated rings. The molecule has 0 saturated carbocycles. The number of carbonyl (C=O) groups is 3. The summed E-state index contributed by atoms with van der Waals surface area (Å²) >= 11 is 0. The molecule has 0 aromatic heterocycles. The molecule has 1 saturated heterocycles. The van der Waals surface area contributed by atoms with Gasteiger partial charge in [-0.1, -0.05) is 55.8 Å². The highest BCUT2D eigenvalue weighted by Gasteiger charge is 2.49. The molecule has 1 aliphatic carbocycles. The molecule has 2 aliphatic rings. The third-order valence-electron chi connectivity index (χ3n) is 6.45. The van der Waals surface area contributed by atoms with Crippen LogP contribution in [0.5, 0.6) is 0 Å². The Balaban J connectivity index is 1.69. The fourth-order valence-electron chi connectivity index (χ4n) is 4.72. The van der Waals surface area contributed by atoms with E-state index in [4.69, 9.17) is 0 Å². The lowest BCUT2D eigenvalue weighted by Crippen LogP contribution is -2.33. The largest absolute Gasteiger partial charge is 0.321 e. The summed E-state index contributed by atoms with van der Waals surface area (Å²) in [4.78, 5) is 40.9. The van der Waals surface area contributed by atoms with Crippen LogP contribution in [0.25, 0.3) is 0 Å². The molecule has 5 heteroatoms. The highest BCUT2D eigenvalue weighted by molar-refractivity contribution is 6.25. The van der Waals surface area contributed by atoms with E-state index in [-0.39, 0.29) is 29.6 Å². The number of amides is 3. The van der Waals surface area contributed by atoms with E-state index in [1.165, 1.54) is 4.90 Å². The minimum Gasteiger partial charge on any atom is -0.321 e. The molecule has 2 aromatic carbocycles. The molecule has 0 spiro atoms. The van der Waals surface area contributed by atoms with Crippen LogP contribution in [0, 0.1) is 11.8 Å². The van der Waals surface area contributed by atoms with Gasteiger partial charge in [0.15, 0.2) is 0 Å². The first kappa shape index (κ1) is 21.0. The predicted molar refractivity (Wildman–Crippen MR) is 122 cm³/mol. The Hall–Kier alpha value is -3.21. The van der Waals surface area contributed by atoms with Gasteiger partial charge in [-0.2, -0.15) is 0 Å². The number of imide groups is 1. The maximum absolute atomic E-state index is 13.3. The Bertz CT molecular complexity index is 1060. The number of benzene rings is 2. The number of carbonyl (C=O) groups excluding carboxylic acids is 3. The quantitative estimate of drug-likeness (QED) is 0.556. The summed E-state index contributed by atoms with van der Waals surface area (Å²) in [5.41, 5.74) is 4.78. The van der Waals surface area contributed by atoms with Crippen molar-refractivity contribution in [1.82, 2.24) is 0 Å². The fourth-order valence-corrected chi connectivity index (χ4v) is 4.72. The van der Waals surface area contributed by atoms with Crippen molar-refractivity contribution in [2.45, 2.75) is 46.5 Å². The van der Waals surface area contributed by atoms with Gasteiger partial charge < -0.3 is 5.32 Å². The molecule has 2 aromatic rings. The number of para-hydroxylation sites is 2. The molecule has 1 heterocycles. The van der Waals surface area contributed by atoms with E-state index in [1.807, 2.05) is 31.2 Å². The highest BCUT2D eigenvalue weighted by atomic mass is 16.2. The summed E-state index contributed by atoms with van der Waals surface area (Å²) in [6, 6.07) is 12.9. The number of fused-ring (bicyclic) bond motifs is 1. The number of aryl methyl sites for hydroxylation is 2. The first-order valence-corrected chi connectivity index (χ1v) is 11.0. The fraction of sp³-hybridized carbons (Fsp3) is 0.346. The maximum Gasteiger partial charge on any atom is 0.257 e. The number of allylic oxidation sites excluding steroid dienone is 2. The zero-order chi connectivity index (χ0) is 22.1. The smallest absolute Gasteiger partial charge is 0.257 e. The van der Waals surface area contributed by atoms with Crippen LogP contribution < -0.4 is 10.2 Å². The van der Waals surface area contributed by atoms with Crippen LogP contribution in [0.4, 0.5) is 11.4 Å². The van der Waals surface area contributed by atoms with Gasteiger partial charge in [0.1, 0.15) is 0 Å². The average molecular weight is 417 g/mol. The third-order valence-corrected chi connectivity index (χ3v) is 6.45. The molecule has 31 heavy (non-hydrogen) atoms. The van der Waals surface area contributed by atoms with E-state index < -0.39 is 0 Å². The Kier molecular flexibility index (Phi) is 5.77. The molecular formula is C26H28N2O3. The minimum absolute atomic E-state index is 0.203. The average Bonchev–Trinajstić information content (AvgIpc) is 3.03. The Morgan fingerprint density at radius 2 is 1.61 bits per heavy atom. The van der Waals surface area contributed by atoms with Crippen LogP contribution in [0.15, 0.2) is 54.1 Å². The minimum atomic E-state index is -0.333. The van der Waals surface area contributed by atoms with Crippen LogP contribution in [-0.4, -0.2) is 17.7 Å². The summed E-state index contributed by atoms with van der Waals surface area (Å²) in [6.45, 7) is 6.10. The van der Waals surface area contributed by atoms with Gasteiger partial charge in [0, 0.05) is 5.69 Å². The van der Waals surface area contributed by atoms with Crippen molar-refractivity contribution >= 4 is 29.1 Å². The number of hydrogen-bond acceptors (Lipinski definition) is 3. The van der Waals surface area contributed by atoms with Gasteiger partial charge in [-0.3, -0.25) is 14.4 Å². The van der Waals surface area contributed by atoms with E-state index in [2.05, 4.69) is 19.2 Å². The van der Waals surface area contributed by atoms with Gasteiger partial charge in [-0.25, -0.2) is 4.90 Å². The number of hydrogen-bond donors (Lipinski definition) is 1. The Labute approximate surface area is 183 Å². The number of nitrogens with zero attached hydrogens (tertiary/aromatic N) is 1. The zero-order valence-electron chi connectivity index (χ0n) is 18.3. The van der Waals surface area contributed by atoms with E-state index >= 15 is 0 Å². The standard InChI is InChI=1S/C26H28N2O3/c1-4-17-9-8-10-18(5-2)23(17)27-24(29)20-11-6-7-12-22(20)28-25(30)19-14-13-16(3)15-21(19)26(28)31/h6-13,19,21H,4-5,14-15H2,1-3H3,(H,27,29)/t19-,21+/m0/s1. The highest BCUT2D eigenvalue weighted by Crippen LogP contribution is 2.40. The molecule has 4 rings (SSSR count). The SMILES string of the molecule is CCc1cccc(CC)c1NC(=O)c1ccccc1N1C(=O)[C@H]2CC=C(C)C[C@H]2C1=O. The molecule has 1 N–H and O–H groups in total. The van der Waals surface area contributed by atoms with Crippen LogP contribution in [0.3, 0.4) is 0 Å². The van der Waals surface area contributed by atoms with Gasteiger partial charge in [-0.05, 0) is 55.9 Å². The molecule has 0 bridgehead atoms. The van der Waals surface area contributed by atoms with Crippen molar-refractivity contribution in [1.29, 1.82) is 0 Å². The van der Waals surface area contributed by atoms with Crippen molar-refractivity contribution in [3.63, 3.8) is 0 Å². The van der Waals surface area contributed by atoms with E-state index in [1.54, 1.807) is 24.3 Å². The first-order valence-electron chi connectivity index (χ1n) is 11.0. The van der Waals surface area contributed by atoms with Crippen LogP contribution in [0.1, 0.15) is 55.1 Å². The summed E-state index contributed by atoms with van der Waals surface area (Å²) in [6.07, 6.45) is 4.82. The lowest BCUT2D eigenvalue weighted by molar-refractivity contribution is -0.122. The monoisotopic (exact) mass is 416 g/mol. The molecule has 160 valence electrons. The van der Waals surface area contributed by atoms with Crippen molar-refractivity contribution in [2.24, 2.45) is 11.8 Å². The molecule has 0 unspecified atom stereocenters. The molecule has 3 amide bonds. The van der Waals surface area contributed by atoms with Gasteiger partial charge in [0.25, 0.3) is 5.91 Å². The topological polar surface area (TPSA) is 66.5 Å². The van der Waals surface area contributed by atoms with Gasteiger partial charge in [0.05, 0.1) is 23.1 Å². The van der Waals surface area contributed by atoms with Crippen molar-refractivity contribution in [2.75, 3.05) is 10.2 Å². The Morgan fingerprint density at radius 3 is 2.29 bits per heavy atom. The lowest BCUT2D eigenvalue weighted by atomic mass is 9.82. The van der Waals surface area contributed by atoms with E-state index in [0.29, 0.717) is 24.1 Å². The van der Waals surface area contributed by atoms with Crippen molar-refractivity contribution in [3.05, 3.63) is 70.8 Å². The summed E-state index contributed by atoms with van der Waals surface area (Å²) in [7, 11) is 0. The molecule has 5 nitrogen and oxygen atoms in total. The number of nitrogens with one attached hydrogen (secondary N) is 1. The van der Waals surface area contributed by atoms with Gasteiger partial charge in [-0.15, -0.1) is 0 Å². The van der Waals surface area contributed by atoms with Gasteiger partial charge >= 0.3 is 0 Å².